The van der Waals surface area contributed by atoms with Crippen LogP contribution in [0.5, 0.6) is 0 Å². The van der Waals surface area contributed by atoms with Gasteiger partial charge in [-0.05, 0) is 43.0 Å². The summed E-state index contributed by atoms with van der Waals surface area (Å²) in [7, 11) is -3.47. The van der Waals surface area contributed by atoms with E-state index in [1.54, 1.807) is 16.4 Å². The predicted molar refractivity (Wildman–Crippen MR) is 119 cm³/mol. The Hall–Kier alpha value is -1.90. The second-order valence-corrected chi connectivity index (χ2v) is 10.7. The molecule has 0 saturated carbocycles. The molecule has 0 atom stereocenters. The summed E-state index contributed by atoms with van der Waals surface area (Å²) in [6.45, 7) is 1.91. The standard InChI is InChI=1S/C22H27N3O3S2/c26-22(25-15-11-18-7-3-4-8-20(18)25)12-16-29-21-10-9-19(17-23-21)30(27,28)24-13-5-1-2-6-14-24/h3-4,7-10,17H,1-2,5-6,11-16H2. The number of carbonyl (C=O) groups excluding carboxylic acids is 1. The number of anilines is 1. The molecule has 6 nitrogen and oxygen atoms in total. The topological polar surface area (TPSA) is 70.6 Å². The fourth-order valence-electron chi connectivity index (χ4n) is 4.01. The van der Waals surface area contributed by atoms with E-state index in [2.05, 4.69) is 11.1 Å². The van der Waals surface area contributed by atoms with E-state index in [9.17, 15) is 13.2 Å². The number of sulfonamides is 1. The first-order valence-corrected chi connectivity index (χ1v) is 13.0. The van der Waals surface area contributed by atoms with Gasteiger partial charge in [-0.2, -0.15) is 4.31 Å². The second kappa shape index (κ2) is 9.49. The SMILES string of the molecule is O=C(CCSc1ccc(S(=O)(=O)N2CCCCCC2)cn1)N1CCc2ccccc21. The van der Waals surface area contributed by atoms with Crippen molar-refractivity contribution in [3.63, 3.8) is 0 Å². The number of amides is 1. The first-order chi connectivity index (χ1) is 14.6. The Labute approximate surface area is 182 Å². The molecule has 3 heterocycles. The molecular weight excluding hydrogens is 418 g/mol. The van der Waals surface area contributed by atoms with Crippen LogP contribution in [0.3, 0.4) is 0 Å². The van der Waals surface area contributed by atoms with E-state index in [0.717, 1.165) is 49.4 Å². The Balaban J connectivity index is 1.31. The number of pyridine rings is 1. The van der Waals surface area contributed by atoms with Gasteiger partial charge in [0, 0.05) is 43.7 Å². The maximum absolute atomic E-state index is 12.8. The lowest BCUT2D eigenvalue weighted by Gasteiger charge is -2.19. The minimum absolute atomic E-state index is 0.118. The first kappa shape index (κ1) is 21.3. The van der Waals surface area contributed by atoms with Crippen LogP contribution in [0.1, 0.15) is 37.7 Å². The molecule has 0 unspecified atom stereocenters. The molecule has 0 spiro atoms. The highest BCUT2D eigenvalue weighted by Gasteiger charge is 2.26. The molecule has 2 aliphatic heterocycles. The van der Waals surface area contributed by atoms with Gasteiger partial charge in [-0.25, -0.2) is 13.4 Å². The molecule has 1 saturated heterocycles. The molecule has 1 fully saturated rings. The van der Waals surface area contributed by atoms with Gasteiger partial charge in [-0.15, -0.1) is 11.8 Å². The average molecular weight is 446 g/mol. The van der Waals surface area contributed by atoms with Gasteiger partial charge in [-0.1, -0.05) is 31.0 Å². The van der Waals surface area contributed by atoms with Crippen molar-refractivity contribution in [2.24, 2.45) is 0 Å². The summed E-state index contributed by atoms with van der Waals surface area (Å²) in [6, 6.07) is 11.4. The molecule has 2 aromatic rings. The van der Waals surface area contributed by atoms with Crippen LogP contribution in [0.25, 0.3) is 0 Å². The van der Waals surface area contributed by atoms with Crippen LogP contribution in [0.2, 0.25) is 0 Å². The van der Waals surface area contributed by atoms with Gasteiger partial charge in [0.05, 0.1) is 5.03 Å². The number of aromatic nitrogens is 1. The lowest BCUT2D eigenvalue weighted by Crippen LogP contribution is -2.32. The Morgan fingerprint density at radius 1 is 1.00 bits per heavy atom. The summed E-state index contributed by atoms with van der Waals surface area (Å²) in [4.78, 5) is 19.0. The van der Waals surface area contributed by atoms with Crippen LogP contribution < -0.4 is 4.90 Å². The van der Waals surface area contributed by atoms with Crippen LogP contribution >= 0.6 is 11.8 Å². The smallest absolute Gasteiger partial charge is 0.244 e. The summed E-state index contributed by atoms with van der Waals surface area (Å²) in [5.41, 5.74) is 2.25. The number of para-hydroxylation sites is 1. The van der Waals surface area contributed by atoms with Gasteiger partial charge in [0.1, 0.15) is 4.90 Å². The lowest BCUT2D eigenvalue weighted by atomic mass is 10.2. The lowest BCUT2D eigenvalue weighted by molar-refractivity contribution is -0.118. The van der Waals surface area contributed by atoms with Crippen molar-refractivity contribution in [3.8, 4) is 0 Å². The van der Waals surface area contributed by atoms with E-state index in [0.29, 0.717) is 25.3 Å². The van der Waals surface area contributed by atoms with Gasteiger partial charge in [-0.3, -0.25) is 4.79 Å². The first-order valence-electron chi connectivity index (χ1n) is 10.5. The summed E-state index contributed by atoms with van der Waals surface area (Å²) in [6.07, 6.45) is 6.77. The molecule has 1 aromatic heterocycles. The monoisotopic (exact) mass is 445 g/mol. The molecule has 0 N–H and O–H groups in total. The van der Waals surface area contributed by atoms with Gasteiger partial charge < -0.3 is 4.90 Å². The molecule has 8 heteroatoms. The minimum atomic E-state index is -3.47. The zero-order valence-corrected chi connectivity index (χ0v) is 18.6. The quantitative estimate of drug-likeness (QED) is 0.634. The van der Waals surface area contributed by atoms with Gasteiger partial charge in [0.2, 0.25) is 15.9 Å². The molecule has 1 aromatic carbocycles. The van der Waals surface area contributed by atoms with E-state index < -0.39 is 10.0 Å². The van der Waals surface area contributed by atoms with Crippen LogP contribution in [0.4, 0.5) is 5.69 Å². The molecule has 4 rings (SSSR count). The third-order valence-corrected chi connectivity index (χ3v) is 8.49. The van der Waals surface area contributed by atoms with E-state index >= 15 is 0 Å². The van der Waals surface area contributed by atoms with Crippen molar-refractivity contribution in [1.29, 1.82) is 0 Å². The fraction of sp³-hybridized carbons (Fsp3) is 0.455. The molecule has 0 radical (unpaired) electrons. The minimum Gasteiger partial charge on any atom is -0.312 e. The molecular formula is C22H27N3O3S2. The maximum Gasteiger partial charge on any atom is 0.244 e. The van der Waals surface area contributed by atoms with Crippen LogP contribution in [-0.4, -0.2) is 49.0 Å². The number of nitrogens with zero attached hydrogens (tertiary/aromatic N) is 3. The number of hydrogen-bond acceptors (Lipinski definition) is 5. The van der Waals surface area contributed by atoms with Crippen LogP contribution in [0.15, 0.2) is 52.5 Å². The predicted octanol–water partition coefficient (Wildman–Crippen LogP) is 3.72. The third kappa shape index (κ3) is 4.71. The highest BCUT2D eigenvalue weighted by atomic mass is 32.2. The zero-order valence-electron chi connectivity index (χ0n) is 17.0. The van der Waals surface area contributed by atoms with Crippen molar-refractivity contribution < 1.29 is 13.2 Å². The molecule has 0 bridgehead atoms. The summed E-state index contributed by atoms with van der Waals surface area (Å²) < 4.78 is 27.2. The third-order valence-electron chi connectivity index (χ3n) is 5.67. The zero-order chi connectivity index (χ0) is 21.0. The molecule has 160 valence electrons. The number of rotatable bonds is 6. The molecule has 0 aliphatic carbocycles. The Morgan fingerprint density at radius 2 is 1.77 bits per heavy atom. The Bertz CT molecular complexity index is 985. The highest BCUT2D eigenvalue weighted by molar-refractivity contribution is 7.99. The largest absolute Gasteiger partial charge is 0.312 e. The number of carbonyl (C=O) groups is 1. The van der Waals surface area contributed by atoms with Crippen LogP contribution in [-0.2, 0) is 21.2 Å². The maximum atomic E-state index is 12.8. The highest BCUT2D eigenvalue weighted by Crippen LogP contribution is 2.28. The molecule has 1 amide bonds. The Kier molecular flexibility index (Phi) is 6.75. The number of fused-ring (bicyclic) bond motifs is 1. The van der Waals surface area contributed by atoms with Gasteiger partial charge in [0.25, 0.3) is 0 Å². The van der Waals surface area contributed by atoms with E-state index in [1.807, 2.05) is 23.1 Å². The molecule has 2 aliphatic rings. The van der Waals surface area contributed by atoms with Crippen molar-refractivity contribution in [2.45, 2.75) is 48.4 Å². The second-order valence-electron chi connectivity index (χ2n) is 7.67. The summed E-state index contributed by atoms with van der Waals surface area (Å²) in [5.74, 6) is 0.732. The number of hydrogen-bond donors (Lipinski definition) is 0. The van der Waals surface area contributed by atoms with Gasteiger partial charge in [0.15, 0.2) is 0 Å². The number of thioether (sulfide) groups is 1. The average Bonchev–Trinajstić information content (AvgIpc) is 2.99. The van der Waals surface area contributed by atoms with Crippen molar-refractivity contribution in [1.82, 2.24) is 9.29 Å². The van der Waals surface area contributed by atoms with Crippen molar-refractivity contribution >= 4 is 33.4 Å². The molecule has 30 heavy (non-hydrogen) atoms. The summed E-state index contributed by atoms with van der Waals surface area (Å²) in [5, 5.41) is 0.736. The number of benzene rings is 1. The van der Waals surface area contributed by atoms with E-state index in [4.69, 9.17) is 0 Å². The Morgan fingerprint density at radius 3 is 2.50 bits per heavy atom. The summed E-state index contributed by atoms with van der Waals surface area (Å²) >= 11 is 1.48. The fourth-order valence-corrected chi connectivity index (χ4v) is 6.25. The normalized spacial score (nSPS) is 17.5. The van der Waals surface area contributed by atoms with E-state index in [1.165, 1.54) is 23.5 Å². The van der Waals surface area contributed by atoms with Crippen molar-refractivity contribution in [2.75, 3.05) is 30.3 Å². The van der Waals surface area contributed by atoms with E-state index in [-0.39, 0.29) is 10.8 Å². The van der Waals surface area contributed by atoms with Gasteiger partial charge >= 0.3 is 0 Å². The van der Waals surface area contributed by atoms with Crippen molar-refractivity contribution in [3.05, 3.63) is 48.2 Å². The van der Waals surface area contributed by atoms with Crippen LogP contribution in [0, 0.1) is 0 Å².